The molecule has 0 saturated carbocycles. The minimum Gasteiger partial charge on any atom is -0.493 e. The Morgan fingerprint density at radius 3 is 2.40 bits per heavy atom. The van der Waals surface area contributed by atoms with E-state index in [0.717, 1.165) is 48.4 Å². The van der Waals surface area contributed by atoms with Crippen LogP contribution in [0.5, 0.6) is 11.5 Å². The zero-order valence-corrected chi connectivity index (χ0v) is 21.1. The van der Waals surface area contributed by atoms with Gasteiger partial charge in [-0.2, -0.15) is 0 Å². The number of pyridine rings is 1. The van der Waals surface area contributed by atoms with Gasteiger partial charge in [0.05, 0.1) is 20.8 Å². The van der Waals surface area contributed by atoms with Crippen LogP contribution in [0.1, 0.15) is 18.1 Å². The quantitative estimate of drug-likeness (QED) is 0.307. The van der Waals surface area contributed by atoms with E-state index in [1.165, 1.54) is 5.56 Å². The first kappa shape index (κ1) is 25.8. The molecule has 1 aromatic heterocycles. The van der Waals surface area contributed by atoms with Crippen molar-refractivity contribution in [2.45, 2.75) is 19.9 Å². The van der Waals surface area contributed by atoms with E-state index < -0.39 is 0 Å². The molecule has 0 radical (unpaired) electrons. The molecule has 1 heterocycles. The van der Waals surface area contributed by atoms with Crippen molar-refractivity contribution in [2.24, 2.45) is 4.99 Å². The fourth-order valence-electron chi connectivity index (χ4n) is 2.88. The molecule has 0 saturated heterocycles. The van der Waals surface area contributed by atoms with Gasteiger partial charge in [-0.1, -0.05) is 6.07 Å². The maximum atomic E-state index is 5.40. The Morgan fingerprint density at radius 1 is 1.03 bits per heavy atom. The van der Waals surface area contributed by atoms with Gasteiger partial charge in [0.2, 0.25) is 0 Å². The number of aromatic nitrogens is 1. The van der Waals surface area contributed by atoms with Crippen LogP contribution in [0, 0.1) is 0 Å². The van der Waals surface area contributed by atoms with E-state index >= 15 is 0 Å². The molecule has 0 fully saturated rings. The maximum Gasteiger partial charge on any atom is 0.193 e. The molecule has 1 N–H and O–H groups in total. The number of ether oxygens (including phenoxy) is 2. The van der Waals surface area contributed by atoms with Crippen molar-refractivity contribution in [3.63, 3.8) is 0 Å². The van der Waals surface area contributed by atoms with E-state index in [4.69, 9.17) is 14.5 Å². The van der Waals surface area contributed by atoms with Gasteiger partial charge in [0.15, 0.2) is 17.5 Å². The number of aliphatic imine (C=N–C) groups is 1. The molecule has 2 rings (SSSR count). The van der Waals surface area contributed by atoms with Gasteiger partial charge in [0.25, 0.3) is 0 Å². The summed E-state index contributed by atoms with van der Waals surface area (Å²) in [6, 6.07) is 10.1. The lowest BCUT2D eigenvalue weighted by molar-refractivity contribution is 0.354. The summed E-state index contributed by atoms with van der Waals surface area (Å²) >= 11 is 0. The lowest BCUT2D eigenvalue weighted by Crippen LogP contribution is -2.39. The Bertz CT molecular complexity index is 814. The molecule has 2 aromatic rings. The highest BCUT2D eigenvalue weighted by Crippen LogP contribution is 2.27. The van der Waals surface area contributed by atoms with Crippen LogP contribution in [0.25, 0.3) is 0 Å². The smallest absolute Gasteiger partial charge is 0.193 e. The Hall–Kier alpha value is -2.23. The van der Waals surface area contributed by atoms with Crippen LogP contribution in [0.4, 0.5) is 5.82 Å². The summed E-state index contributed by atoms with van der Waals surface area (Å²) in [5.41, 5.74) is 2.32. The number of hydrogen-bond acceptors (Lipinski definition) is 5. The second kappa shape index (κ2) is 13.1. The molecule has 0 aliphatic carbocycles. The molecule has 0 spiro atoms. The lowest BCUT2D eigenvalue weighted by Gasteiger charge is -2.22. The fourth-order valence-corrected chi connectivity index (χ4v) is 2.88. The van der Waals surface area contributed by atoms with Gasteiger partial charge < -0.3 is 24.6 Å². The van der Waals surface area contributed by atoms with E-state index in [0.29, 0.717) is 6.54 Å². The Labute approximate surface area is 197 Å². The van der Waals surface area contributed by atoms with E-state index in [2.05, 4.69) is 41.3 Å². The molecule has 8 heteroatoms. The average molecular weight is 527 g/mol. The number of guanidine groups is 1. The van der Waals surface area contributed by atoms with Crippen LogP contribution >= 0.6 is 24.0 Å². The predicted molar refractivity (Wildman–Crippen MR) is 135 cm³/mol. The number of hydrogen-bond donors (Lipinski definition) is 1. The van der Waals surface area contributed by atoms with Crippen molar-refractivity contribution in [3.8, 4) is 11.5 Å². The molecular weight excluding hydrogens is 493 g/mol. The molecular formula is C22H34IN5O2. The summed E-state index contributed by atoms with van der Waals surface area (Å²) in [6.07, 6.45) is 2.70. The van der Waals surface area contributed by atoms with E-state index in [1.54, 1.807) is 14.2 Å². The molecule has 7 nitrogen and oxygen atoms in total. The highest BCUT2D eigenvalue weighted by atomic mass is 127. The summed E-state index contributed by atoms with van der Waals surface area (Å²) < 4.78 is 10.7. The number of likely N-dealkylation sites (N-methyl/N-ethyl adjacent to an activating group) is 1. The minimum atomic E-state index is 0. The van der Waals surface area contributed by atoms with E-state index in [-0.39, 0.29) is 24.0 Å². The summed E-state index contributed by atoms with van der Waals surface area (Å²) in [6.45, 7) is 4.33. The first-order chi connectivity index (χ1) is 14.0. The van der Waals surface area contributed by atoms with Crippen molar-refractivity contribution in [2.75, 3.05) is 53.4 Å². The third-order valence-electron chi connectivity index (χ3n) is 4.56. The third-order valence-corrected chi connectivity index (χ3v) is 4.56. The summed E-state index contributed by atoms with van der Waals surface area (Å²) in [7, 11) is 9.34. The second-order valence-electron chi connectivity index (χ2n) is 6.95. The highest BCUT2D eigenvalue weighted by Gasteiger charge is 2.09. The Balaban J connectivity index is 0.00000450. The molecule has 1 aromatic carbocycles. The highest BCUT2D eigenvalue weighted by molar-refractivity contribution is 14.0. The topological polar surface area (TPSA) is 62.2 Å². The molecule has 0 atom stereocenters. The van der Waals surface area contributed by atoms with Crippen LogP contribution in [-0.4, -0.2) is 64.3 Å². The maximum absolute atomic E-state index is 5.40. The Kier molecular flexibility index (Phi) is 11.3. The van der Waals surface area contributed by atoms with Crippen LogP contribution in [0.15, 0.2) is 41.5 Å². The molecule has 0 aliphatic heterocycles. The molecule has 0 unspecified atom stereocenters. The first-order valence-electron chi connectivity index (χ1n) is 9.81. The summed E-state index contributed by atoms with van der Waals surface area (Å²) in [4.78, 5) is 13.3. The molecule has 0 bridgehead atoms. The van der Waals surface area contributed by atoms with Crippen LogP contribution in [0.2, 0.25) is 0 Å². The van der Waals surface area contributed by atoms with Crippen LogP contribution in [0.3, 0.4) is 0 Å². The third kappa shape index (κ3) is 7.55. The monoisotopic (exact) mass is 527 g/mol. The minimum absolute atomic E-state index is 0. The van der Waals surface area contributed by atoms with Gasteiger partial charge in [-0.05, 0) is 48.7 Å². The number of anilines is 1. The van der Waals surface area contributed by atoms with Gasteiger partial charge in [-0.3, -0.25) is 0 Å². The molecule has 0 amide bonds. The number of nitrogens with one attached hydrogen (secondary N) is 1. The van der Waals surface area contributed by atoms with Gasteiger partial charge in [0.1, 0.15) is 5.82 Å². The van der Waals surface area contributed by atoms with E-state index in [1.807, 2.05) is 43.4 Å². The summed E-state index contributed by atoms with van der Waals surface area (Å²) in [5, 5.41) is 3.37. The molecule has 166 valence electrons. The van der Waals surface area contributed by atoms with Crippen molar-refractivity contribution < 1.29 is 9.47 Å². The first-order valence-corrected chi connectivity index (χ1v) is 9.81. The van der Waals surface area contributed by atoms with Gasteiger partial charge in [-0.25, -0.2) is 9.98 Å². The van der Waals surface area contributed by atoms with Crippen molar-refractivity contribution >= 4 is 35.8 Å². The number of nitrogens with zero attached hydrogens (tertiary/aromatic N) is 4. The van der Waals surface area contributed by atoms with Crippen LogP contribution < -0.4 is 19.7 Å². The standard InChI is InChI=1S/C22H33N5O2.HI/c1-7-23-22(25-16-18-10-12-24-21(15-18)26(2)3)27(4)13-11-17-8-9-19(28-5)20(14-17)29-6;/h8-10,12,14-15H,7,11,13,16H2,1-6H3,(H,23,25);1H. The predicted octanol–water partition coefficient (Wildman–Crippen LogP) is 3.42. The lowest BCUT2D eigenvalue weighted by atomic mass is 10.1. The number of benzene rings is 1. The van der Waals surface area contributed by atoms with Crippen molar-refractivity contribution in [1.29, 1.82) is 0 Å². The largest absolute Gasteiger partial charge is 0.493 e. The fraction of sp³-hybridized carbons (Fsp3) is 0.455. The molecule has 30 heavy (non-hydrogen) atoms. The zero-order valence-electron chi connectivity index (χ0n) is 18.8. The second-order valence-corrected chi connectivity index (χ2v) is 6.95. The van der Waals surface area contributed by atoms with Crippen molar-refractivity contribution in [1.82, 2.24) is 15.2 Å². The number of rotatable bonds is 9. The van der Waals surface area contributed by atoms with E-state index in [9.17, 15) is 0 Å². The zero-order chi connectivity index (χ0) is 21.2. The van der Waals surface area contributed by atoms with Gasteiger partial charge in [0, 0.05) is 40.4 Å². The van der Waals surface area contributed by atoms with Crippen molar-refractivity contribution in [3.05, 3.63) is 47.7 Å². The van der Waals surface area contributed by atoms with Crippen LogP contribution in [-0.2, 0) is 13.0 Å². The normalized spacial score (nSPS) is 10.8. The number of methoxy groups -OCH3 is 2. The Morgan fingerprint density at radius 2 is 1.77 bits per heavy atom. The molecule has 0 aliphatic rings. The number of halogens is 1. The van der Waals surface area contributed by atoms with Gasteiger partial charge in [-0.15, -0.1) is 24.0 Å². The summed E-state index contributed by atoms with van der Waals surface area (Å²) in [5.74, 6) is 3.32. The van der Waals surface area contributed by atoms with Gasteiger partial charge >= 0.3 is 0 Å². The average Bonchev–Trinajstić information content (AvgIpc) is 2.74. The SMILES string of the molecule is CCNC(=NCc1ccnc(N(C)C)c1)N(C)CCc1ccc(OC)c(OC)c1.I.